The number of rotatable bonds is 2. The molecule has 26 heavy (non-hydrogen) atoms. The summed E-state index contributed by atoms with van der Waals surface area (Å²) in [6, 6.07) is 7.22. The molecule has 3 heterocycles. The Labute approximate surface area is 157 Å². The molecule has 0 saturated carbocycles. The Bertz CT molecular complexity index is 868. The van der Waals surface area contributed by atoms with Crippen molar-refractivity contribution in [2.75, 3.05) is 38.5 Å². The van der Waals surface area contributed by atoms with E-state index in [1.54, 1.807) is 4.68 Å². The van der Waals surface area contributed by atoms with Gasteiger partial charge in [-0.15, -0.1) is 0 Å². The summed E-state index contributed by atoms with van der Waals surface area (Å²) in [5, 5.41) is 8.20. The summed E-state index contributed by atoms with van der Waals surface area (Å²) in [4.78, 5) is 21.8. The monoisotopic (exact) mass is 372 g/mol. The van der Waals surface area contributed by atoms with Crippen LogP contribution in [0.2, 0.25) is 5.02 Å². The van der Waals surface area contributed by atoms with Gasteiger partial charge in [0.15, 0.2) is 0 Å². The first-order valence-corrected chi connectivity index (χ1v) is 9.03. The molecule has 2 aromatic rings. The van der Waals surface area contributed by atoms with E-state index in [1.807, 2.05) is 36.1 Å². The molecule has 4 rings (SSSR count). The van der Waals surface area contributed by atoms with E-state index < -0.39 is 0 Å². The van der Waals surface area contributed by atoms with Crippen LogP contribution in [0.1, 0.15) is 18.5 Å². The molecule has 2 aliphatic rings. The van der Waals surface area contributed by atoms with Crippen LogP contribution in [0, 0.1) is 0 Å². The van der Waals surface area contributed by atoms with Crippen LogP contribution in [0.3, 0.4) is 0 Å². The molecule has 1 amide bonds. The largest absolute Gasteiger partial charge is 0.336 e. The highest BCUT2D eigenvalue weighted by Crippen LogP contribution is 2.36. The fourth-order valence-electron chi connectivity index (χ4n) is 3.53. The third-order valence-corrected chi connectivity index (χ3v) is 5.21. The van der Waals surface area contributed by atoms with Crippen molar-refractivity contribution in [3.8, 4) is 0 Å². The molecule has 0 radical (unpaired) electrons. The number of nitrogens with one attached hydrogen (secondary N) is 1. The van der Waals surface area contributed by atoms with Gasteiger partial charge in [-0.1, -0.05) is 23.7 Å². The lowest BCUT2D eigenvalue weighted by atomic mass is 9.94. The first-order chi connectivity index (χ1) is 12.5. The van der Waals surface area contributed by atoms with Gasteiger partial charge in [-0.05, 0) is 31.7 Å². The molecule has 1 N–H and O–H groups in total. The first-order valence-electron chi connectivity index (χ1n) is 8.65. The summed E-state index contributed by atoms with van der Waals surface area (Å²) in [5.41, 5.74) is 2.41. The molecule has 8 heteroatoms. The lowest BCUT2D eigenvalue weighted by Gasteiger charge is -2.36. The first kappa shape index (κ1) is 17.1. The van der Waals surface area contributed by atoms with Crippen molar-refractivity contribution in [2.24, 2.45) is 0 Å². The average Bonchev–Trinajstić information content (AvgIpc) is 3.08. The summed E-state index contributed by atoms with van der Waals surface area (Å²) in [6.07, 6.45) is 1.50. The fraction of sp³-hybridized carbons (Fsp3) is 0.389. The van der Waals surface area contributed by atoms with E-state index in [4.69, 9.17) is 11.6 Å². The van der Waals surface area contributed by atoms with Crippen molar-refractivity contribution < 1.29 is 4.79 Å². The van der Waals surface area contributed by atoms with Gasteiger partial charge in [0.1, 0.15) is 12.4 Å². The van der Waals surface area contributed by atoms with Crippen molar-refractivity contribution >= 4 is 23.5 Å². The molecule has 1 aromatic carbocycles. The van der Waals surface area contributed by atoms with Gasteiger partial charge in [0.05, 0.1) is 5.57 Å². The molecular formula is C18H21ClN6O. The highest BCUT2D eigenvalue weighted by molar-refractivity contribution is 6.30. The van der Waals surface area contributed by atoms with Gasteiger partial charge in [0.25, 0.3) is 5.91 Å². The third kappa shape index (κ3) is 2.97. The second-order valence-electron chi connectivity index (χ2n) is 6.74. The number of carbonyl (C=O) groups excluding carboxylic acids is 1. The Morgan fingerprint density at radius 2 is 2.04 bits per heavy atom. The fourth-order valence-corrected chi connectivity index (χ4v) is 3.73. The minimum absolute atomic E-state index is 0.0363. The Balaban J connectivity index is 1.76. The molecule has 0 bridgehead atoms. The maximum atomic E-state index is 13.4. The normalized spacial score (nSPS) is 20.7. The number of aromatic nitrogens is 3. The van der Waals surface area contributed by atoms with Gasteiger partial charge in [0.2, 0.25) is 5.95 Å². The summed E-state index contributed by atoms with van der Waals surface area (Å²) in [6.45, 7) is 5.11. The molecule has 0 spiro atoms. The lowest BCUT2D eigenvalue weighted by Crippen LogP contribution is -2.49. The minimum Gasteiger partial charge on any atom is -0.336 e. The Morgan fingerprint density at radius 3 is 2.77 bits per heavy atom. The number of nitrogens with zero attached hydrogens (tertiary/aromatic N) is 5. The molecule has 1 fully saturated rings. The Hall–Kier alpha value is -2.38. The van der Waals surface area contributed by atoms with Crippen molar-refractivity contribution in [2.45, 2.75) is 13.0 Å². The van der Waals surface area contributed by atoms with E-state index >= 15 is 0 Å². The molecule has 0 aliphatic carbocycles. The number of amides is 1. The van der Waals surface area contributed by atoms with E-state index in [-0.39, 0.29) is 11.9 Å². The van der Waals surface area contributed by atoms with Crippen LogP contribution in [0.5, 0.6) is 0 Å². The zero-order chi connectivity index (χ0) is 18.3. The van der Waals surface area contributed by atoms with Gasteiger partial charge in [-0.2, -0.15) is 10.1 Å². The number of anilines is 1. The van der Waals surface area contributed by atoms with Crippen LogP contribution in [-0.4, -0.2) is 63.7 Å². The molecule has 1 aromatic heterocycles. The van der Waals surface area contributed by atoms with Crippen LogP contribution >= 0.6 is 11.6 Å². The summed E-state index contributed by atoms with van der Waals surface area (Å²) in [5.74, 6) is 0.664. The summed E-state index contributed by atoms with van der Waals surface area (Å²) in [7, 11) is 2.07. The summed E-state index contributed by atoms with van der Waals surface area (Å²) < 4.78 is 1.75. The summed E-state index contributed by atoms with van der Waals surface area (Å²) >= 11 is 6.22. The van der Waals surface area contributed by atoms with Gasteiger partial charge < -0.3 is 15.1 Å². The van der Waals surface area contributed by atoms with Crippen molar-refractivity contribution in [3.05, 3.63) is 52.4 Å². The highest BCUT2D eigenvalue weighted by atomic mass is 35.5. The number of hydrogen-bond acceptors (Lipinski definition) is 5. The van der Waals surface area contributed by atoms with E-state index in [0.717, 1.165) is 37.4 Å². The highest BCUT2D eigenvalue weighted by Gasteiger charge is 2.36. The maximum absolute atomic E-state index is 13.4. The SMILES string of the molecule is CC1=C(C(=O)N2CCN(C)CC2)[C@H](c2cccc(Cl)c2)n2ncnc2N1. The predicted octanol–water partition coefficient (Wildman–Crippen LogP) is 1.99. The Kier molecular flexibility index (Phi) is 4.42. The lowest BCUT2D eigenvalue weighted by molar-refractivity contribution is -0.129. The van der Waals surface area contributed by atoms with E-state index in [0.29, 0.717) is 16.5 Å². The third-order valence-electron chi connectivity index (χ3n) is 4.98. The van der Waals surface area contributed by atoms with Crippen LogP contribution in [0.25, 0.3) is 0 Å². The molecule has 7 nitrogen and oxygen atoms in total. The van der Waals surface area contributed by atoms with Crippen LogP contribution in [0.4, 0.5) is 5.95 Å². The van der Waals surface area contributed by atoms with Crippen molar-refractivity contribution in [3.63, 3.8) is 0 Å². The molecule has 136 valence electrons. The molecular weight excluding hydrogens is 352 g/mol. The molecule has 1 saturated heterocycles. The topological polar surface area (TPSA) is 66.3 Å². The van der Waals surface area contributed by atoms with Crippen LogP contribution in [-0.2, 0) is 4.79 Å². The molecule has 0 unspecified atom stereocenters. The van der Waals surface area contributed by atoms with Crippen molar-refractivity contribution in [1.82, 2.24) is 24.6 Å². The van der Waals surface area contributed by atoms with E-state index in [9.17, 15) is 4.79 Å². The van der Waals surface area contributed by atoms with E-state index in [1.165, 1.54) is 6.33 Å². The quantitative estimate of drug-likeness (QED) is 0.873. The van der Waals surface area contributed by atoms with Gasteiger partial charge in [-0.25, -0.2) is 4.68 Å². The second kappa shape index (κ2) is 6.74. The smallest absolute Gasteiger partial charge is 0.254 e. The number of fused-ring (bicyclic) bond motifs is 1. The maximum Gasteiger partial charge on any atom is 0.254 e. The Morgan fingerprint density at radius 1 is 1.27 bits per heavy atom. The van der Waals surface area contributed by atoms with Gasteiger partial charge in [-0.3, -0.25) is 4.79 Å². The zero-order valence-corrected chi connectivity index (χ0v) is 15.6. The average molecular weight is 373 g/mol. The van der Waals surface area contributed by atoms with E-state index in [2.05, 4.69) is 27.3 Å². The second-order valence-corrected chi connectivity index (χ2v) is 7.18. The number of likely N-dealkylation sites (N-methyl/N-ethyl adjacent to an activating group) is 1. The van der Waals surface area contributed by atoms with Gasteiger partial charge >= 0.3 is 0 Å². The number of carbonyl (C=O) groups is 1. The number of benzene rings is 1. The standard InChI is InChI=1S/C18H21ClN6O/c1-12-15(17(26)24-8-6-23(2)7-9-24)16(13-4-3-5-14(19)10-13)25-18(22-12)20-11-21-25/h3-5,10-11,16H,6-9H2,1-2H3,(H,20,21,22)/t16-/m0/s1. The predicted molar refractivity (Wildman–Crippen MR) is 100 cm³/mol. The molecule has 1 atom stereocenters. The van der Waals surface area contributed by atoms with Crippen LogP contribution < -0.4 is 5.32 Å². The minimum atomic E-state index is -0.348. The van der Waals surface area contributed by atoms with Crippen LogP contribution in [0.15, 0.2) is 41.9 Å². The number of hydrogen-bond donors (Lipinski definition) is 1. The number of halogens is 1. The van der Waals surface area contributed by atoms with Crippen molar-refractivity contribution in [1.29, 1.82) is 0 Å². The van der Waals surface area contributed by atoms with Gasteiger partial charge in [0, 0.05) is 36.9 Å². The molecule has 2 aliphatic heterocycles. The zero-order valence-electron chi connectivity index (χ0n) is 14.8. The number of allylic oxidation sites excluding steroid dienone is 1. The number of piperazine rings is 1.